The molecule has 4 atom stereocenters. The summed E-state index contributed by atoms with van der Waals surface area (Å²) in [6, 6.07) is 15.2. The van der Waals surface area contributed by atoms with Gasteiger partial charge in [0.25, 0.3) is 0 Å². The minimum atomic E-state index is -0.890. The lowest BCUT2D eigenvalue weighted by Gasteiger charge is -2.36. The van der Waals surface area contributed by atoms with Crippen molar-refractivity contribution >= 4 is 40.0 Å². The quantitative estimate of drug-likeness (QED) is 0.185. The summed E-state index contributed by atoms with van der Waals surface area (Å²) in [5.41, 5.74) is 3.63. The number of nitrogens with zero attached hydrogens (tertiary/aromatic N) is 1. The Hall–Kier alpha value is -3.30. The van der Waals surface area contributed by atoms with Gasteiger partial charge in [0.2, 0.25) is 11.8 Å². The number of carbonyl (C=O) groups excluding carboxylic acids is 2. The Kier molecular flexibility index (Phi) is 9.58. The Bertz CT molecular complexity index is 1490. The molecule has 3 aromatic rings. The van der Waals surface area contributed by atoms with Crippen molar-refractivity contribution in [3.8, 4) is 5.75 Å². The van der Waals surface area contributed by atoms with Crippen LogP contribution in [-0.2, 0) is 20.9 Å². The number of phenolic OH excluding ortho intramolecular Hbond substituents is 1. The van der Waals surface area contributed by atoms with E-state index in [1.165, 1.54) is 21.8 Å². The third kappa shape index (κ3) is 5.95. The number of imide groups is 1. The standard InChI is InChI=1S/C34H39NO6S/c1-3-7-21(16-22-12-14-29(37)26-10-5-4-9-25(22)26)11-13-30(38)31-23(20-41-2)17-27-32(28(31)19-36)34(40)35(33(27)39)18-24-8-6-15-42-24/h4-6,8-10,12,14-16,27-28,30,32,36-38H,3,7,11,13,17-20H2,1-2H3/b21-16+/t27-,28+,30-,32-/m1/s1. The number of amides is 2. The average Bonchev–Trinajstić information content (AvgIpc) is 3.59. The Morgan fingerprint density at radius 1 is 1.10 bits per heavy atom. The lowest BCUT2D eigenvalue weighted by atomic mass is 9.68. The number of aromatic hydroxyl groups is 1. The Balaban J connectivity index is 1.40. The molecule has 1 aromatic heterocycles. The van der Waals surface area contributed by atoms with Crippen molar-refractivity contribution in [3.63, 3.8) is 0 Å². The smallest absolute Gasteiger partial charge is 0.234 e. The monoisotopic (exact) mass is 589 g/mol. The van der Waals surface area contributed by atoms with Crippen LogP contribution in [0.15, 0.2) is 70.6 Å². The van der Waals surface area contributed by atoms with E-state index in [1.807, 2.05) is 47.8 Å². The van der Waals surface area contributed by atoms with Gasteiger partial charge in [-0.3, -0.25) is 14.5 Å². The van der Waals surface area contributed by atoms with Gasteiger partial charge in [-0.25, -0.2) is 0 Å². The van der Waals surface area contributed by atoms with E-state index in [2.05, 4.69) is 13.0 Å². The summed E-state index contributed by atoms with van der Waals surface area (Å²) in [6.07, 6.45) is 4.42. The highest BCUT2D eigenvalue weighted by atomic mass is 32.1. The van der Waals surface area contributed by atoms with Crippen LogP contribution in [0.5, 0.6) is 5.75 Å². The molecule has 5 rings (SSSR count). The molecule has 1 fully saturated rings. The number of fused-ring (bicyclic) bond motifs is 2. The summed E-state index contributed by atoms with van der Waals surface area (Å²) in [5, 5.41) is 36.2. The van der Waals surface area contributed by atoms with E-state index in [-0.39, 0.29) is 37.3 Å². The fourth-order valence-electron chi connectivity index (χ4n) is 6.77. The fraction of sp³-hybridized carbons (Fsp3) is 0.412. The van der Waals surface area contributed by atoms with Crippen molar-refractivity contribution in [1.82, 2.24) is 4.90 Å². The molecule has 0 unspecified atom stereocenters. The van der Waals surface area contributed by atoms with Gasteiger partial charge in [0.1, 0.15) is 5.75 Å². The van der Waals surface area contributed by atoms with Gasteiger partial charge in [-0.15, -0.1) is 11.3 Å². The zero-order chi connectivity index (χ0) is 29.8. The molecule has 1 aliphatic carbocycles. The van der Waals surface area contributed by atoms with Crippen molar-refractivity contribution in [2.75, 3.05) is 20.3 Å². The molecule has 42 heavy (non-hydrogen) atoms. The van der Waals surface area contributed by atoms with Crippen molar-refractivity contribution in [3.05, 3.63) is 81.1 Å². The van der Waals surface area contributed by atoms with Crippen LogP contribution in [0.3, 0.4) is 0 Å². The molecule has 2 aromatic carbocycles. The molecule has 1 aliphatic heterocycles. The predicted octanol–water partition coefficient (Wildman–Crippen LogP) is 5.69. The Morgan fingerprint density at radius 3 is 2.57 bits per heavy atom. The third-order valence-corrected chi connectivity index (χ3v) is 9.51. The van der Waals surface area contributed by atoms with Crippen LogP contribution in [0.1, 0.15) is 49.5 Å². The number of carbonyl (C=O) groups is 2. The molecule has 222 valence electrons. The summed E-state index contributed by atoms with van der Waals surface area (Å²) in [5.74, 6) is -2.14. The van der Waals surface area contributed by atoms with Gasteiger partial charge in [-0.05, 0) is 65.3 Å². The van der Waals surface area contributed by atoms with Gasteiger partial charge in [0.05, 0.1) is 37.7 Å². The van der Waals surface area contributed by atoms with Crippen LogP contribution >= 0.6 is 11.3 Å². The first-order chi connectivity index (χ1) is 20.4. The minimum Gasteiger partial charge on any atom is -0.507 e. The van der Waals surface area contributed by atoms with E-state index in [4.69, 9.17) is 4.74 Å². The highest BCUT2D eigenvalue weighted by Crippen LogP contribution is 2.47. The summed E-state index contributed by atoms with van der Waals surface area (Å²) in [7, 11) is 1.58. The maximum Gasteiger partial charge on any atom is 0.234 e. The molecule has 7 nitrogen and oxygen atoms in total. The molecule has 8 heteroatoms. The topological polar surface area (TPSA) is 107 Å². The second kappa shape index (κ2) is 13.3. The second-order valence-corrected chi connectivity index (χ2v) is 12.3. The first-order valence-corrected chi connectivity index (χ1v) is 15.5. The minimum absolute atomic E-state index is 0.215. The lowest BCUT2D eigenvalue weighted by Crippen LogP contribution is -2.39. The molecule has 0 spiro atoms. The molecule has 2 amide bonds. The number of aliphatic hydroxyl groups excluding tert-OH is 2. The van der Waals surface area contributed by atoms with Gasteiger partial charge in [-0.1, -0.05) is 61.4 Å². The number of phenols is 1. The molecule has 2 heterocycles. The number of likely N-dealkylation sites (tertiary alicyclic amines) is 1. The first-order valence-electron chi connectivity index (χ1n) is 14.6. The fourth-order valence-corrected chi connectivity index (χ4v) is 7.46. The van der Waals surface area contributed by atoms with Crippen LogP contribution < -0.4 is 0 Å². The van der Waals surface area contributed by atoms with Crippen molar-refractivity contribution in [1.29, 1.82) is 0 Å². The van der Waals surface area contributed by atoms with Crippen LogP contribution in [0, 0.1) is 17.8 Å². The van der Waals surface area contributed by atoms with E-state index in [0.717, 1.165) is 39.6 Å². The van der Waals surface area contributed by atoms with E-state index in [1.54, 1.807) is 13.2 Å². The van der Waals surface area contributed by atoms with E-state index < -0.39 is 23.9 Å². The Labute approximate surface area is 250 Å². The van der Waals surface area contributed by atoms with Crippen LogP contribution in [0.25, 0.3) is 16.8 Å². The summed E-state index contributed by atoms with van der Waals surface area (Å²) in [4.78, 5) is 29.3. The lowest BCUT2D eigenvalue weighted by molar-refractivity contribution is -0.140. The van der Waals surface area contributed by atoms with Crippen molar-refractivity contribution < 1.29 is 29.6 Å². The molecule has 2 aliphatic rings. The number of ether oxygens (including phenoxy) is 1. The van der Waals surface area contributed by atoms with Gasteiger partial charge in [0.15, 0.2) is 0 Å². The SMILES string of the molecule is CCC/C(=C\c1ccc(O)c2ccccc12)CC[C@@H](O)C1=C(COC)C[C@H]2C(=O)N(Cc3cccs3)C(=O)[C@H]2[C@H]1CO. The molecule has 0 radical (unpaired) electrons. The van der Waals surface area contributed by atoms with E-state index in [9.17, 15) is 24.9 Å². The maximum atomic E-state index is 13.6. The maximum absolute atomic E-state index is 13.6. The summed E-state index contributed by atoms with van der Waals surface area (Å²) in [6.45, 7) is 2.25. The first kappa shape index (κ1) is 30.2. The van der Waals surface area contributed by atoms with Crippen LogP contribution in [0.4, 0.5) is 0 Å². The largest absolute Gasteiger partial charge is 0.507 e. The highest BCUT2D eigenvalue weighted by molar-refractivity contribution is 7.09. The van der Waals surface area contributed by atoms with Crippen LogP contribution in [0.2, 0.25) is 0 Å². The van der Waals surface area contributed by atoms with Gasteiger partial charge >= 0.3 is 0 Å². The zero-order valence-corrected chi connectivity index (χ0v) is 25.0. The van der Waals surface area contributed by atoms with Crippen molar-refractivity contribution in [2.45, 2.75) is 51.7 Å². The number of methoxy groups -OCH3 is 1. The average molecular weight is 590 g/mol. The number of rotatable bonds is 12. The number of thiophene rings is 1. The number of hydrogen-bond acceptors (Lipinski definition) is 7. The van der Waals surface area contributed by atoms with E-state index >= 15 is 0 Å². The summed E-state index contributed by atoms with van der Waals surface area (Å²) < 4.78 is 5.48. The molecular formula is C34H39NO6S. The third-order valence-electron chi connectivity index (χ3n) is 8.65. The molecular weight excluding hydrogens is 550 g/mol. The van der Waals surface area contributed by atoms with E-state index in [0.29, 0.717) is 24.8 Å². The number of benzene rings is 2. The van der Waals surface area contributed by atoms with Gasteiger partial charge < -0.3 is 20.1 Å². The molecule has 1 saturated heterocycles. The molecule has 0 bridgehead atoms. The highest BCUT2D eigenvalue weighted by Gasteiger charge is 2.54. The molecule has 3 N–H and O–H groups in total. The number of allylic oxidation sites excluding steroid dienone is 1. The number of hydrogen-bond donors (Lipinski definition) is 3. The van der Waals surface area contributed by atoms with Gasteiger partial charge in [-0.2, -0.15) is 0 Å². The van der Waals surface area contributed by atoms with Gasteiger partial charge in [0, 0.05) is 23.3 Å². The second-order valence-electron chi connectivity index (χ2n) is 11.3. The van der Waals surface area contributed by atoms with Crippen molar-refractivity contribution in [2.24, 2.45) is 17.8 Å². The zero-order valence-electron chi connectivity index (χ0n) is 24.2. The normalized spacial score (nSPS) is 21.9. The number of aliphatic hydroxyl groups is 2. The van der Waals surface area contributed by atoms with Crippen LogP contribution in [-0.4, -0.2) is 58.5 Å². The Morgan fingerprint density at radius 2 is 1.88 bits per heavy atom. The predicted molar refractivity (Wildman–Crippen MR) is 165 cm³/mol. The summed E-state index contributed by atoms with van der Waals surface area (Å²) >= 11 is 1.50. The molecule has 0 saturated carbocycles.